The van der Waals surface area contributed by atoms with Gasteiger partial charge in [0.25, 0.3) is 15.9 Å². The number of carbonyl (C=O) groups excluding carboxylic acids is 5. The minimum atomic E-state index is -4.33. The summed E-state index contributed by atoms with van der Waals surface area (Å²) in [5, 5.41) is 5.18. The fourth-order valence-electron chi connectivity index (χ4n) is 7.24. The number of nitrogens with one attached hydrogen (secondary N) is 3. The molecule has 2 heterocycles. The summed E-state index contributed by atoms with van der Waals surface area (Å²) in [4.78, 5) is 75.3. The van der Waals surface area contributed by atoms with Crippen LogP contribution in [0.3, 0.4) is 0 Å². The standard InChI is InChI=1S/C44H49ClN6O10S/c1-7-28-25-44(28,40(54)49-62(57,58)31-16-12-9-13-17-31)48-38(52)36-23-30(26-51(36)39(53)33(20-21-50(5)41(45)55)47-42(56)61-43(2,3)4)60-37-24-34(27-14-10-8-11-15-27)46-35-22-29(59-6)18-19-32(35)37/h7-19,22,24,28,30,33,36H,1,20-21,23,25-26H2,2-6H3,(H,47,56)(H,48,52)(H,49,54)/t28-,30-,33+,36+,44-/m1/s1. The number of benzene rings is 3. The van der Waals surface area contributed by atoms with E-state index < -0.39 is 74.4 Å². The number of likely N-dealkylation sites (tertiary alicyclic amines) is 1. The maximum absolute atomic E-state index is 14.7. The first-order valence-corrected chi connectivity index (χ1v) is 21.7. The average Bonchev–Trinajstić information content (AvgIpc) is 3.80. The van der Waals surface area contributed by atoms with Gasteiger partial charge in [-0.15, -0.1) is 6.58 Å². The van der Waals surface area contributed by atoms with E-state index in [2.05, 4.69) is 21.9 Å². The highest BCUT2D eigenvalue weighted by atomic mass is 35.5. The van der Waals surface area contributed by atoms with Gasteiger partial charge in [0, 0.05) is 49.0 Å². The lowest BCUT2D eigenvalue weighted by atomic mass is 10.1. The van der Waals surface area contributed by atoms with Crippen LogP contribution >= 0.6 is 11.6 Å². The Labute approximate surface area is 365 Å². The van der Waals surface area contributed by atoms with Gasteiger partial charge in [-0.2, -0.15) is 0 Å². The van der Waals surface area contributed by atoms with Crippen LogP contribution in [0.15, 0.2) is 102 Å². The van der Waals surface area contributed by atoms with Crippen molar-refractivity contribution in [3.8, 4) is 22.8 Å². The van der Waals surface area contributed by atoms with E-state index in [0.29, 0.717) is 28.1 Å². The van der Waals surface area contributed by atoms with Crippen LogP contribution in [0.2, 0.25) is 0 Å². The summed E-state index contributed by atoms with van der Waals surface area (Å²) in [7, 11) is -1.37. The largest absolute Gasteiger partial charge is 0.497 e. The van der Waals surface area contributed by atoms with Crippen LogP contribution in [-0.4, -0.2) is 109 Å². The smallest absolute Gasteiger partial charge is 0.408 e. The Hall–Kier alpha value is -6.20. The fourth-order valence-corrected chi connectivity index (χ4v) is 8.38. The summed E-state index contributed by atoms with van der Waals surface area (Å²) >= 11 is 5.69. The van der Waals surface area contributed by atoms with Crippen molar-refractivity contribution in [1.82, 2.24) is 30.1 Å². The molecule has 1 aliphatic carbocycles. The van der Waals surface area contributed by atoms with E-state index in [1.165, 1.54) is 42.3 Å². The average molecular weight is 889 g/mol. The van der Waals surface area contributed by atoms with Gasteiger partial charge in [0.05, 0.1) is 29.8 Å². The summed E-state index contributed by atoms with van der Waals surface area (Å²) < 4.78 is 46.2. The van der Waals surface area contributed by atoms with Crippen LogP contribution in [-0.2, 0) is 29.1 Å². The fraction of sp³-hybridized carbons (Fsp3) is 0.364. The Morgan fingerprint density at radius 2 is 1.71 bits per heavy atom. The number of pyridine rings is 1. The van der Waals surface area contributed by atoms with Crippen LogP contribution in [0.25, 0.3) is 22.2 Å². The van der Waals surface area contributed by atoms with Crippen molar-refractivity contribution in [2.75, 3.05) is 27.2 Å². The number of hydrogen-bond acceptors (Lipinski definition) is 11. The zero-order chi connectivity index (χ0) is 45.0. The molecule has 1 saturated heterocycles. The number of hydrogen-bond donors (Lipinski definition) is 3. The van der Waals surface area contributed by atoms with Gasteiger partial charge in [-0.05, 0) is 69.5 Å². The highest BCUT2D eigenvalue weighted by Crippen LogP contribution is 2.45. The normalized spacial score (nSPS) is 20.0. The molecule has 6 rings (SSSR count). The van der Waals surface area contributed by atoms with Gasteiger partial charge >= 0.3 is 11.5 Å². The van der Waals surface area contributed by atoms with Crippen LogP contribution in [0.4, 0.5) is 9.59 Å². The molecule has 0 radical (unpaired) electrons. The number of rotatable bonds is 15. The van der Waals surface area contributed by atoms with Crippen LogP contribution < -0.4 is 24.8 Å². The molecule has 3 N–H and O–H groups in total. The van der Waals surface area contributed by atoms with Gasteiger partial charge in [0.1, 0.15) is 40.8 Å². The third-order valence-corrected chi connectivity index (χ3v) is 12.2. The molecule has 0 unspecified atom stereocenters. The number of carbonyl (C=O) groups is 5. The lowest BCUT2D eigenvalue weighted by Gasteiger charge is -2.31. The van der Waals surface area contributed by atoms with E-state index in [1.807, 2.05) is 30.3 Å². The Kier molecular flexibility index (Phi) is 13.5. The lowest BCUT2D eigenvalue weighted by Crippen LogP contribution is -2.58. The Balaban J connectivity index is 1.35. The summed E-state index contributed by atoms with van der Waals surface area (Å²) in [6.07, 6.45) is -0.480. The number of methoxy groups -OCH3 is 1. The van der Waals surface area contributed by atoms with Crippen molar-refractivity contribution in [2.24, 2.45) is 5.92 Å². The van der Waals surface area contributed by atoms with Gasteiger partial charge in [-0.3, -0.25) is 19.2 Å². The SMILES string of the molecule is C=C[C@@H]1C[C@]1(NC(=O)[C@@H]1C[C@@H](Oc2cc(-c3ccccc3)nc3cc(OC)ccc23)CN1C(=O)[C@H](CCN(C)C(=O)Cl)NC(=O)OC(C)(C)C)C(=O)NS(=O)(=O)c1ccccc1. The molecule has 0 bridgehead atoms. The van der Waals surface area contributed by atoms with Crippen molar-refractivity contribution in [1.29, 1.82) is 0 Å². The predicted molar refractivity (Wildman–Crippen MR) is 231 cm³/mol. The maximum atomic E-state index is 14.7. The van der Waals surface area contributed by atoms with Crippen LogP contribution in [0.1, 0.15) is 40.0 Å². The Morgan fingerprint density at radius 1 is 1.03 bits per heavy atom. The number of sulfonamides is 1. The van der Waals surface area contributed by atoms with E-state index in [9.17, 15) is 32.4 Å². The zero-order valence-electron chi connectivity index (χ0n) is 34.9. The van der Waals surface area contributed by atoms with Gasteiger partial charge in [0.2, 0.25) is 11.8 Å². The first-order chi connectivity index (χ1) is 29.3. The molecule has 18 heteroatoms. The molecule has 4 aromatic rings. The second kappa shape index (κ2) is 18.4. The summed E-state index contributed by atoms with van der Waals surface area (Å²) in [6.45, 7) is 8.51. The molecule has 16 nitrogen and oxygen atoms in total. The Morgan fingerprint density at radius 3 is 2.32 bits per heavy atom. The molecule has 328 valence electrons. The van der Waals surface area contributed by atoms with Crippen molar-refractivity contribution in [3.63, 3.8) is 0 Å². The molecule has 5 atom stereocenters. The van der Waals surface area contributed by atoms with Gasteiger partial charge in [0.15, 0.2) is 0 Å². The molecular weight excluding hydrogens is 840 g/mol. The van der Waals surface area contributed by atoms with Gasteiger partial charge < -0.3 is 34.6 Å². The highest BCUT2D eigenvalue weighted by molar-refractivity contribution is 7.90. The molecular formula is C44H49ClN6O10S. The topological polar surface area (TPSA) is 203 Å². The number of alkyl carbamates (subject to hydrolysis) is 1. The number of fused-ring (bicyclic) bond motifs is 1. The molecule has 2 aliphatic rings. The minimum absolute atomic E-state index is 0.0370. The third-order valence-electron chi connectivity index (χ3n) is 10.6. The van der Waals surface area contributed by atoms with Crippen molar-refractivity contribution in [3.05, 3.63) is 97.6 Å². The quantitative estimate of drug-likeness (QED) is 0.0784. The highest BCUT2D eigenvalue weighted by Gasteiger charge is 2.61. The summed E-state index contributed by atoms with van der Waals surface area (Å²) in [5.74, 6) is -2.15. The number of nitrogens with zero attached hydrogens (tertiary/aromatic N) is 3. The van der Waals surface area contributed by atoms with E-state index in [0.717, 1.165) is 10.5 Å². The van der Waals surface area contributed by atoms with Crippen LogP contribution in [0, 0.1) is 5.92 Å². The molecule has 0 spiro atoms. The predicted octanol–water partition coefficient (Wildman–Crippen LogP) is 5.40. The molecule has 3 aromatic carbocycles. The number of amides is 5. The molecule has 5 amide bonds. The molecule has 1 aliphatic heterocycles. The van der Waals surface area contributed by atoms with Gasteiger partial charge in [-0.25, -0.2) is 22.9 Å². The Bertz CT molecular complexity index is 2470. The number of aromatic nitrogens is 1. The zero-order valence-corrected chi connectivity index (χ0v) is 36.5. The molecule has 62 heavy (non-hydrogen) atoms. The van der Waals surface area contributed by atoms with Gasteiger partial charge in [-0.1, -0.05) is 54.6 Å². The second-order valence-corrected chi connectivity index (χ2v) is 18.2. The van der Waals surface area contributed by atoms with Crippen molar-refractivity contribution >= 4 is 61.7 Å². The first-order valence-electron chi connectivity index (χ1n) is 19.8. The van der Waals surface area contributed by atoms with E-state index in [-0.39, 0.29) is 37.2 Å². The lowest BCUT2D eigenvalue weighted by molar-refractivity contribution is -0.141. The van der Waals surface area contributed by atoms with Crippen molar-refractivity contribution in [2.45, 2.75) is 74.3 Å². The number of ether oxygens (including phenoxy) is 3. The molecule has 1 saturated carbocycles. The summed E-state index contributed by atoms with van der Waals surface area (Å²) in [6, 6.07) is 21.2. The number of halogens is 1. The summed E-state index contributed by atoms with van der Waals surface area (Å²) in [5.41, 5.74) is -0.693. The van der Waals surface area contributed by atoms with Crippen molar-refractivity contribution < 1.29 is 46.6 Å². The molecule has 2 fully saturated rings. The third kappa shape index (κ3) is 10.5. The van der Waals surface area contributed by atoms with E-state index in [4.69, 9.17) is 30.8 Å². The maximum Gasteiger partial charge on any atom is 0.408 e. The molecule has 1 aromatic heterocycles. The minimum Gasteiger partial charge on any atom is -0.497 e. The first kappa shape index (κ1) is 45.3. The second-order valence-electron chi connectivity index (χ2n) is 16.2. The monoisotopic (exact) mass is 888 g/mol. The van der Waals surface area contributed by atoms with E-state index in [1.54, 1.807) is 58.2 Å². The van der Waals surface area contributed by atoms with Crippen LogP contribution in [0.5, 0.6) is 11.5 Å². The van der Waals surface area contributed by atoms with E-state index >= 15 is 0 Å².